The number of ether oxygens (including phenoxy) is 1. The molecule has 2 N–H and O–H groups in total. The summed E-state index contributed by atoms with van der Waals surface area (Å²) in [5.41, 5.74) is 5.63. The molecule has 14 heavy (non-hydrogen) atoms. The van der Waals surface area contributed by atoms with Gasteiger partial charge >= 0.3 is 6.18 Å². The maximum Gasteiger partial charge on any atom is 0.411 e. The zero-order valence-electron chi connectivity index (χ0n) is 8.07. The molecule has 0 unspecified atom stereocenters. The molecule has 1 aliphatic carbocycles. The molecule has 0 spiro atoms. The number of alkyl halides is 3. The SMILES string of the molecule is NCC1(CCOCC(F)(F)F)CCC1. The first-order valence-electron chi connectivity index (χ1n) is 4.82. The van der Waals surface area contributed by atoms with Crippen LogP contribution in [0.25, 0.3) is 0 Å². The second kappa shape index (κ2) is 4.49. The molecule has 0 heterocycles. The van der Waals surface area contributed by atoms with E-state index >= 15 is 0 Å². The Bertz CT molecular complexity index is 172. The summed E-state index contributed by atoms with van der Waals surface area (Å²) in [6.45, 7) is -0.424. The highest BCUT2D eigenvalue weighted by molar-refractivity contribution is 4.88. The van der Waals surface area contributed by atoms with E-state index in [-0.39, 0.29) is 12.0 Å². The van der Waals surface area contributed by atoms with Crippen molar-refractivity contribution in [2.45, 2.75) is 31.9 Å². The van der Waals surface area contributed by atoms with Gasteiger partial charge in [0.15, 0.2) is 0 Å². The first kappa shape index (κ1) is 11.8. The highest BCUT2D eigenvalue weighted by Crippen LogP contribution is 2.42. The fraction of sp³-hybridized carbons (Fsp3) is 1.00. The molecule has 5 heteroatoms. The monoisotopic (exact) mass is 211 g/mol. The van der Waals surface area contributed by atoms with Crippen LogP contribution in [0.4, 0.5) is 13.2 Å². The molecule has 0 aromatic carbocycles. The van der Waals surface area contributed by atoms with E-state index < -0.39 is 12.8 Å². The average molecular weight is 211 g/mol. The zero-order valence-corrected chi connectivity index (χ0v) is 8.07. The molecular weight excluding hydrogens is 195 g/mol. The third-order valence-electron chi connectivity index (χ3n) is 2.89. The minimum atomic E-state index is -4.21. The van der Waals surface area contributed by atoms with Gasteiger partial charge in [0.2, 0.25) is 0 Å². The minimum Gasteiger partial charge on any atom is -0.372 e. The van der Waals surface area contributed by atoms with Crippen molar-refractivity contribution in [3.8, 4) is 0 Å². The zero-order chi connectivity index (χ0) is 10.7. The van der Waals surface area contributed by atoms with Gasteiger partial charge in [-0.05, 0) is 31.2 Å². The Morgan fingerprint density at radius 3 is 2.29 bits per heavy atom. The molecule has 1 rings (SSSR count). The number of hydrogen-bond donors (Lipinski definition) is 1. The van der Waals surface area contributed by atoms with Gasteiger partial charge in [-0.15, -0.1) is 0 Å². The molecule has 1 fully saturated rings. The van der Waals surface area contributed by atoms with E-state index in [2.05, 4.69) is 4.74 Å². The van der Waals surface area contributed by atoms with Crippen LogP contribution >= 0.6 is 0 Å². The van der Waals surface area contributed by atoms with Crippen molar-refractivity contribution < 1.29 is 17.9 Å². The van der Waals surface area contributed by atoms with E-state index in [1.165, 1.54) is 0 Å². The van der Waals surface area contributed by atoms with Gasteiger partial charge < -0.3 is 10.5 Å². The Hall–Kier alpha value is -0.290. The molecule has 0 bridgehead atoms. The fourth-order valence-electron chi connectivity index (χ4n) is 1.71. The Morgan fingerprint density at radius 2 is 1.93 bits per heavy atom. The van der Waals surface area contributed by atoms with Crippen molar-refractivity contribution in [3.05, 3.63) is 0 Å². The third kappa shape index (κ3) is 3.46. The van der Waals surface area contributed by atoms with Crippen molar-refractivity contribution >= 4 is 0 Å². The van der Waals surface area contributed by atoms with Crippen LogP contribution in [0.2, 0.25) is 0 Å². The largest absolute Gasteiger partial charge is 0.411 e. The van der Waals surface area contributed by atoms with Crippen LogP contribution < -0.4 is 5.73 Å². The van der Waals surface area contributed by atoms with Gasteiger partial charge in [0.1, 0.15) is 6.61 Å². The first-order chi connectivity index (χ1) is 6.47. The maximum absolute atomic E-state index is 11.7. The van der Waals surface area contributed by atoms with Crippen LogP contribution in [-0.4, -0.2) is 25.9 Å². The number of nitrogens with two attached hydrogens (primary N) is 1. The Labute approximate surface area is 81.6 Å². The van der Waals surface area contributed by atoms with Crippen LogP contribution in [0.5, 0.6) is 0 Å². The highest BCUT2D eigenvalue weighted by atomic mass is 19.4. The Morgan fingerprint density at radius 1 is 1.29 bits per heavy atom. The van der Waals surface area contributed by atoms with Gasteiger partial charge in [0.05, 0.1) is 0 Å². The van der Waals surface area contributed by atoms with Crippen molar-refractivity contribution in [2.75, 3.05) is 19.8 Å². The second-order valence-corrected chi connectivity index (χ2v) is 3.98. The lowest BCUT2D eigenvalue weighted by molar-refractivity contribution is -0.176. The van der Waals surface area contributed by atoms with E-state index in [1.54, 1.807) is 0 Å². The second-order valence-electron chi connectivity index (χ2n) is 3.98. The Balaban J connectivity index is 2.09. The third-order valence-corrected chi connectivity index (χ3v) is 2.89. The van der Waals surface area contributed by atoms with Gasteiger partial charge in [0, 0.05) is 6.61 Å². The smallest absolute Gasteiger partial charge is 0.372 e. The molecule has 0 radical (unpaired) electrons. The van der Waals surface area contributed by atoms with Gasteiger partial charge in [-0.2, -0.15) is 13.2 Å². The van der Waals surface area contributed by atoms with Crippen LogP contribution in [0.15, 0.2) is 0 Å². The summed E-state index contributed by atoms with van der Waals surface area (Å²) in [5, 5.41) is 0. The van der Waals surface area contributed by atoms with Crippen LogP contribution in [0.3, 0.4) is 0 Å². The summed E-state index contributed by atoms with van der Waals surface area (Å²) in [6, 6.07) is 0. The molecule has 0 atom stereocenters. The summed E-state index contributed by atoms with van der Waals surface area (Å²) in [4.78, 5) is 0. The first-order valence-corrected chi connectivity index (χ1v) is 4.82. The van der Waals surface area contributed by atoms with Crippen LogP contribution in [0, 0.1) is 5.41 Å². The van der Waals surface area contributed by atoms with Crippen LogP contribution in [-0.2, 0) is 4.74 Å². The predicted octanol–water partition coefficient (Wildman–Crippen LogP) is 2.08. The van der Waals surface area contributed by atoms with Gasteiger partial charge in [-0.3, -0.25) is 0 Å². The number of hydrogen-bond acceptors (Lipinski definition) is 2. The Kier molecular flexibility index (Phi) is 3.78. The summed E-state index contributed by atoms with van der Waals surface area (Å²) >= 11 is 0. The standard InChI is InChI=1S/C9H16F3NO/c10-9(11,12)7-14-5-4-8(6-13)2-1-3-8/h1-7,13H2. The summed E-state index contributed by atoms with van der Waals surface area (Å²) in [6.07, 6.45) is -0.372. The molecule has 1 aliphatic rings. The molecule has 84 valence electrons. The van der Waals surface area contributed by atoms with Crippen molar-refractivity contribution in [2.24, 2.45) is 11.1 Å². The quantitative estimate of drug-likeness (QED) is 0.707. The van der Waals surface area contributed by atoms with Gasteiger partial charge in [-0.1, -0.05) is 6.42 Å². The number of rotatable bonds is 5. The maximum atomic E-state index is 11.7. The molecule has 2 nitrogen and oxygen atoms in total. The molecule has 0 aliphatic heterocycles. The van der Waals surface area contributed by atoms with Crippen molar-refractivity contribution in [3.63, 3.8) is 0 Å². The molecule has 0 saturated heterocycles. The highest BCUT2D eigenvalue weighted by Gasteiger charge is 2.35. The average Bonchev–Trinajstić information content (AvgIpc) is 2.00. The van der Waals surface area contributed by atoms with E-state index in [0.717, 1.165) is 19.3 Å². The molecule has 0 amide bonds. The molecular formula is C9H16F3NO. The number of halogens is 3. The van der Waals surface area contributed by atoms with E-state index in [9.17, 15) is 13.2 Å². The predicted molar refractivity (Wildman–Crippen MR) is 46.8 cm³/mol. The van der Waals surface area contributed by atoms with Gasteiger partial charge in [-0.25, -0.2) is 0 Å². The van der Waals surface area contributed by atoms with Crippen LogP contribution in [0.1, 0.15) is 25.7 Å². The van der Waals surface area contributed by atoms with E-state index in [0.29, 0.717) is 13.0 Å². The lowest BCUT2D eigenvalue weighted by Gasteiger charge is -2.41. The van der Waals surface area contributed by atoms with E-state index in [4.69, 9.17) is 5.73 Å². The topological polar surface area (TPSA) is 35.2 Å². The normalized spacial score (nSPS) is 20.6. The minimum absolute atomic E-state index is 0.0750. The molecule has 0 aromatic heterocycles. The molecule has 0 aromatic rings. The van der Waals surface area contributed by atoms with Crippen molar-refractivity contribution in [1.82, 2.24) is 0 Å². The van der Waals surface area contributed by atoms with E-state index in [1.807, 2.05) is 0 Å². The summed E-state index contributed by atoms with van der Waals surface area (Å²) in [7, 11) is 0. The molecule has 1 saturated carbocycles. The summed E-state index contributed by atoms with van der Waals surface area (Å²) in [5.74, 6) is 0. The lowest BCUT2D eigenvalue weighted by Crippen LogP contribution is -2.38. The fourth-order valence-corrected chi connectivity index (χ4v) is 1.71. The van der Waals surface area contributed by atoms with Gasteiger partial charge in [0.25, 0.3) is 0 Å². The summed E-state index contributed by atoms with van der Waals surface area (Å²) < 4.78 is 39.7. The lowest BCUT2D eigenvalue weighted by atomic mass is 9.67. The van der Waals surface area contributed by atoms with Crippen molar-refractivity contribution in [1.29, 1.82) is 0 Å².